The van der Waals surface area contributed by atoms with Crippen LogP contribution in [0.1, 0.15) is 28.1 Å². The first-order valence-electron chi connectivity index (χ1n) is 17.8. The van der Waals surface area contributed by atoms with E-state index in [-0.39, 0.29) is 11.1 Å². The summed E-state index contributed by atoms with van der Waals surface area (Å²) >= 11 is 0. The van der Waals surface area contributed by atoms with Gasteiger partial charge in [-0.1, -0.05) is 42.5 Å². The first-order valence-corrected chi connectivity index (χ1v) is 17.8. The minimum atomic E-state index is -0.198. The van der Waals surface area contributed by atoms with Crippen molar-refractivity contribution in [2.24, 2.45) is 0 Å². The Labute approximate surface area is 327 Å². The van der Waals surface area contributed by atoms with E-state index in [2.05, 4.69) is 40.1 Å². The first kappa shape index (κ1) is 37.4. The zero-order valence-corrected chi connectivity index (χ0v) is 31.6. The van der Waals surface area contributed by atoms with Gasteiger partial charge in [-0.25, -0.2) is 29.9 Å². The number of pyridine rings is 2. The van der Waals surface area contributed by atoms with E-state index in [4.69, 9.17) is 22.6 Å². The SMILES string of the molecule is [C-]#[N+]c1ccc2ccnc(Oc3ccc(-c4c(C)n[nH]c(=O)c4C)c(C)c3)c2c1.[C-]#[N+]c1ccc2ccnc(Oc3ccc(-c4c(C)n[nH]c(=O)c4C)cc3)c2c1. The van der Waals surface area contributed by atoms with Crippen molar-refractivity contribution in [3.05, 3.63) is 175 Å². The molecule has 57 heavy (non-hydrogen) atoms. The molecule has 0 bridgehead atoms. The molecule has 0 fully saturated rings. The summed E-state index contributed by atoms with van der Waals surface area (Å²) < 4.78 is 12.0. The number of aromatic amines is 2. The lowest BCUT2D eigenvalue weighted by Crippen LogP contribution is -2.14. The third-order valence-corrected chi connectivity index (χ3v) is 9.53. The maximum Gasteiger partial charge on any atom is 0.267 e. The zero-order chi connectivity index (χ0) is 40.2. The molecule has 0 saturated heterocycles. The third-order valence-electron chi connectivity index (χ3n) is 9.53. The monoisotopic (exact) mass is 750 g/mol. The van der Waals surface area contributed by atoms with Gasteiger partial charge in [-0.15, -0.1) is 0 Å². The molecular weight excluding hydrogens is 717 g/mol. The smallest absolute Gasteiger partial charge is 0.267 e. The Morgan fingerprint density at radius 2 is 1.05 bits per heavy atom. The second kappa shape index (κ2) is 15.8. The average Bonchev–Trinajstić information content (AvgIpc) is 3.22. The second-order valence-corrected chi connectivity index (χ2v) is 13.2. The summed E-state index contributed by atoms with van der Waals surface area (Å²) in [5, 5.41) is 16.6. The van der Waals surface area contributed by atoms with E-state index in [9.17, 15) is 9.59 Å². The van der Waals surface area contributed by atoms with Crippen molar-refractivity contribution in [2.45, 2.75) is 34.6 Å². The van der Waals surface area contributed by atoms with Crippen LogP contribution in [0.3, 0.4) is 0 Å². The van der Waals surface area contributed by atoms with Crippen LogP contribution in [0.2, 0.25) is 0 Å². The van der Waals surface area contributed by atoms with E-state index in [0.29, 0.717) is 45.8 Å². The fourth-order valence-corrected chi connectivity index (χ4v) is 6.59. The van der Waals surface area contributed by atoms with Crippen molar-refractivity contribution >= 4 is 32.9 Å². The van der Waals surface area contributed by atoms with Gasteiger partial charge in [0, 0.05) is 45.4 Å². The molecular formula is C45H34N8O4. The highest BCUT2D eigenvalue weighted by molar-refractivity contribution is 5.91. The predicted octanol–water partition coefficient (Wildman–Crippen LogP) is 10.2. The van der Waals surface area contributed by atoms with E-state index in [1.807, 2.05) is 87.5 Å². The number of nitrogens with zero attached hydrogens (tertiary/aromatic N) is 6. The standard InChI is InChI=1S/C23H18N4O2.C22H16N4O2/c1-13-11-18(7-8-19(13)21-14(2)22(28)27-26-15(21)3)29-23-20-12-17(24-4)6-5-16(20)9-10-25-23;1-13-20(14(2)25-26-21(13)27)16-5-8-18(9-6-16)28-22-19-12-17(23-3)7-4-15(19)10-11-24-22/h5-12H,1-3H3,(H,27,28);4-12H,1-2H3,(H,26,27). The fourth-order valence-electron chi connectivity index (χ4n) is 6.59. The van der Waals surface area contributed by atoms with Gasteiger partial charge in [0.05, 0.1) is 24.5 Å². The molecule has 0 saturated carbocycles. The van der Waals surface area contributed by atoms with Crippen molar-refractivity contribution in [3.8, 4) is 45.5 Å². The molecule has 4 heterocycles. The van der Waals surface area contributed by atoms with Crippen LogP contribution in [0.4, 0.5) is 11.4 Å². The largest absolute Gasteiger partial charge is 0.438 e. The van der Waals surface area contributed by atoms with Crippen LogP contribution in [0.25, 0.3) is 53.5 Å². The average molecular weight is 751 g/mol. The van der Waals surface area contributed by atoms with Gasteiger partial charge >= 0.3 is 0 Å². The Bertz CT molecular complexity index is 3050. The Hall–Kier alpha value is -7.96. The summed E-state index contributed by atoms with van der Waals surface area (Å²) in [6.45, 7) is 23.7. The number of aryl methyl sites for hydroxylation is 3. The highest BCUT2D eigenvalue weighted by Gasteiger charge is 2.15. The van der Waals surface area contributed by atoms with Gasteiger partial charge in [0.1, 0.15) is 11.5 Å². The molecule has 12 nitrogen and oxygen atoms in total. The number of hydrogen-bond acceptors (Lipinski definition) is 8. The molecule has 0 aliphatic rings. The second-order valence-electron chi connectivity index (χ2n) is 13.2. The minimum Gasteiger partial charge on any atom is -0.438 e. The highest BCUT2D eigenvalue weighted by atomic mass is 16.5. The number of benzene rings is 4. The lowest BCUT2D eigenvalue weighted by molar-refractivity contribution is 0.469. The molecule has 4 aromatic carbocycles. The van der Waals surface area contributed by atoms with Gasteiger partial charge in [-0.05, 0) is 111 Å². The van der Waals surface area contributed by atoms with Gasteiger partial charge < -0.3 is 9.47 Å². The van der Waals surface area contributed by atoms with Gasteiger partial charge in [0.15, 0.2) is 11.4 Å². The van der Waals surface area contributed by atoms with Crippen molar-refractivity contribution < 1.29 is 9.47 Å². The molecule has 0 radical (unpaired) electrons. The summed E-state index contributed by atoms with van der Waals surface area (Å²) in [6.07, 6.45) is 3.36. The first-order chi connectivity index (χ1) is 27.5. The van der Waals surface area contributed by atoms with Crippen molar-refractivity contribution in [2.75, 3.05) is 0 Å². The van der Waals surface area contributed by atoms with Gasteiger partial charge in [0.2, 0.25) is 11.8 Å². The fraction of sp³-hybridized carbons (Fsp3) is 0.111. The summed E-state index contributed by atoms with van der Waals surface area (Å²) in [6, 6.07) is 27.8. The number of nitrogens with one attached hydrogen (secondary N) is 2. The van der Waals surface area contributed by atoms with E-state index in [1.54, 1.807) is 50.5 Å². The molecule has 278 valence electrons. The molecule has 0 aliphatic carbocycles. The number of ether oxygens (including phenoxy) is 2. The van der Waals surface area contributed by atoms with Crippen molar-refractivity contribution in [3.63, 3.8) is 0 Å². The van der Waals surface area contributed by atoms with Crippen molar-refractivity contribution in [1.82, 2.24) is 30.4 Å². The predicted molar refractivity (Wildman–Crippen MR) is 220 cm³/mol. The van der Waals surface area contributed by atoms with E-state index in [1.165, 1.54) is 0 Å². The summed E-state index contributed by atoms with van der Waals surface area (Å²) in [7, 11) is 0. The van der Waals surface area contributed by atoms with E-state index in [0.717, 1.165) is 60.8 Å². The third kappa shape index (κ3) is 7.69. The molecule has 0 aliphatic heterocycles. The van der Waals surface area contributed by atoms with Crippen molar-refractivity contribution in [1.29, 1.82) is 0 Å². The molecule has 4 aromatic heterocycles. The number of hydrogen-bond donors (Lipinski definition) is 2. The highest BCUT2D eigenvalue weighted by Crippen LogP contribution is 2.35. The Balaban J connectivity index is 0.000000174. The maximum atomic E-state index is 12.0. The molecule has 0 atom stereocenters. The lowest BCUT2D eigenvalue weighted by atomic mass is 9.96. The number of aromatic nitrogens is 6. The van der Waals surface area contributed by atoms with Crippen LogP contribution in [0.5, 0.6) is 23.3 Å². The molecule has 8 aromatic rings. The molecule has 0 unspecified atom stereocenters. The molecule has 2 N–H and O–H groups in total. The summed E-state index contributed by atoms with van der Waals surface area (Å²) in [5.74, 6) is 2.14. The normalized spacial score (nSPS) is 10.6. The van der Waals surface area contributed by atoms with E-state index < -0.39 is 0 Å². The van der Waals surface area contributed by atoms with Gasteiger partial charge in [-0.2, -0.15) is 10.2 Å². The Morgan fingerprint density at radius 3 is 1.58 bits per heavy atom. The molecule has 8 rings (SSSR count). The van der Waals surface area contributed by atoms with Crippen LogP contribution >= 0.6 is 0 Å². The number of fused-ring (bicyclic) bond motifs is 2. The number of H-pyrrole nitrogens is 2. The minimum absolute atomic E-state index is 0.194. The zero-order valence-electron chi connectivity index (χ0n) is 31.6. The van der Waals surface area contributed by atoms with Gasteiger partial charge in [0.25, 0.3) is 11.1 Å². The summed E-state index contributed by atoms with van der Waals surface area (Å²) in [5.41, 5.74) is 7.91. The maximum absolute atomic E-state index is 12.0. The van der Waals surface area contributed by atoms with Crippen LogP contribution in [-0.4, -0.2) is 30.4 Å². The molecule has 0 amide bonds. The van der Waals surface area contributed by atoms with Gasteiger partial charge in [-0.3, -0.25) is 9.59 Å². The quantitative estimate of drug-likeness (QED) is 0.160. The Kier molecular flexibility index (Phi) is 10.4. The Morgan fingerprint density at radius 1 is 0.561 bits per heavy atom. The van der Waals surface area contributed by atoms with Crippen LogP contribution in [0.15, 0.2) is 113 Å². The van der Waals surface area contributed by atoms with Crippen LogP contribution in [0, 0.1) is 47.8 Å². The summed E-state index contributed by atoms with van der Waals surface area (Å²) in [4.78, 5) is 39.5. The van der Waals surface area contributed by atoms with Crippen LogP contribution < -0.4 is 20.6 Å². The molecule has 12 heteroatoms. The lowest BCUT2D eigenvalue weighted by Gasteiger charge is -2.13. The molecule has 0 spiro atoms. The number of rotatable bonds is 6. The van der Waals surface area contributed by atoms with E-state index >= 15 is 0 Å². The van der Waals surface area contributed by atoms with Crippen LogP contribution in [-0.2, 0) is 0 Å². The topological polar surface area (TPSA) is 144 Å².